The van der Waals surface area contributed by atoms with Crippen LogP contribution in [-0.4, -0.2) is 24.3 Å². The number of aliphatic hydroxyl groups is 1. The summed E-state index contributed by atoms with van der Waals surface area (Å²) in [5, 5.41) is 12.8. The molecule has 0 radical (unpaired) electrons. The number of aliphatic hydroxyl groups excluding tert-OH is 1. The van der Waals surface area contributed by atoms with Gasteiger partial charge in [0.05, 0.1) is 11.1 Å². The molecule has 1 atom stereocenters. The Morgan fingerprint density at radius 2 is 2.27 bits per heavy atom. The van der Waals surface area contributed by atoms with Gasteiger partial charge in [0.1, 0.15) is 5.82 Å². The van der Waals surface area contributed by atoms with Gasteiger partial charge in [-0.2, -0.15) is 0 Å². The molecule has 0 amide bonds. The van der Waals surface area contributed by atoms with Crippen molar-refractivity contribution in [3.05, 3.63) is 40.7 Å². The minimum atomic E-state index is -0.555. The maximum Gasteiger partial charge on any atom is 0.141 e. The Morgan fingerprint density at radius 3 is 2.93 bits per heavy atom. The largest absolute Gasteiger partial charge is 0.387 e. The molecule has 2 rings (SSSR count). The van der Waals surface area contributed by atoms with Crippen LogP contribution in [0.2, 0.25) is 5.02 Å². The van der Waals surface area contributed by atoms with E-state index in [0.29, 0.717) is 13.1 Å². The van der Waals surface area contributed by atoms with Crippen molar-refractivity contribution in [2.24, 2.45) is 0 Å². The number of benzene rings is 1. The van der Waals surface area contributed by atoms with E-state index >= 15 is 0 Å². The van der Waals surface area contributed by atoms with Crippen molar-refractivity contribution < 1.29 is 9.50 Å². The van der Waals surface area contributed by atoms with Crippen LogP contribution in [0.3, 0.4) is 0 Å². The first kappa shape index (κ1) is 10.6. The Kier molecular flexibility index (Phi) is 3.05. The van der Waals surface area contributed by atoms with Crippen LogP contribution in [0.25, 0.3) is 5.57 Å². The summed E-state index contributed by atoms with van der Waals surface area (Å²) in [5.74, 6) is -0.440. The van der Waals surface area contributed by atoms with Gasteiger partial charge >= 0.3 is 0 Å². The molecule has 80 valence electrons. The average molecular weight is 228 g/mol. The van der Waals surface area contributed by atoms with Crippen molar-refractivity contribution in [1.82, 2.24) is 5.32 Å². The molecule has 0 bridgehead atoms. The van der Waals surface area contributed by atoms with E-state index in [9.17, 15) is 9.50 Å². The molecular weight excluding hydrogens is 217 g/mol. The van der Waals surface area contributed by atoms with E-state index in [1.165, 1.54) is 12.1 Å². The van der Waals surface area contributed by atoms with E-state index in [4.69, 9.17) is 11.6 Å². The van der Waals surface area contributed by atoms with E-state index in [1.807, 2.05) is 6.08 Å². The van der Waals surface area contributed by atoms with Crippen LogP contribution < -0.4 is 5.32 Å². The summed E-state index contributed by atoms with van der Waals surface area (Å²) >= 11 is 5.68. The number of β-amino-alcohol motifs (C(OH)–C–C–N with tert-alkyl or cyclic N) is 1. The van der Waals surface area contributed by atoms with Gasteiger partial charge in [-0.1, -0.05) is 23.7 Å². The second kappa shape index (κ2) is 4.31. The lowest BCUT2D eigenvalue weighted by atomic mass is 9.98. The fraction of sp³-hybridized carbons (Fsp3) is 0.273. The monoisotopic (exact) mass is 227 g/mol. The van der Waals surface area contributed by atoms with Crippen LogP contribution >= 0.6 is 11.6 Å². The second-order valence-electron chi connectivity index (χ2n) is 3.46. The fourth-order valence-corrected chi connectivity index (χ4v) is 1.81. The van der Waals surface area contributed by atoms with Crippen molar-refractivity contribution >= 4 is 17.2 Å². The first-order chi connectivity index (χ1) is 7.18. The molecule has 1 unspecified atom stereocenters. The smallest absolute Gasteiger partial charge is 0.141 e. The summed E-state index contributed by atoms with van der Waals surface area (Å²) in [7, 11) is 0. The van der Waals surface area contributed by atoms with Crippen LogP contribution in [-0.2, 0) is 0 Å². The van der Waals surface area contributed by atoms with Crippen LogP contribution in [0, 0.1) is 5.82 Å². The lowest BCUT2D eigenvalue weighted by molar-refractivity contribution is 0.225. The maximum atomic E-state index is 12.9. The minimum absolute atomic E-state index is 0.0825. The zero-order chi connectivity index (χ0) is 10.8. The summed E-state index contributed by atoms with van der Waals surface area (Å²) in [6.07, 6.45) is 1.33. The van der Waals surface area contributed by atoms with Gasteiger partial charge < -0.3 is 10.4 Å². The van der Waals surface area contributed by atoms with Crippen LogP contribution in [0.15, 0.2) is 24.3 Å². The predicted molar refractivity (Wildman–Crippen MR) is 58.3 cm³/mol. The molecule has 0 saturated heterocycles. The summed E-state index contributed by atoms with van der Waals surface area (Å²) in [5.41, 5.74) is 1.58. The standard InChI is InChI=1S/C11H11ClFNO/c12-9-5-7(1-2-10(9)13)8-3-4-14-6-11(8)15/h1-3,5,11,14-15H,4,6H2. The van der Waals surface area contributed by atoms with Gasteiger partial charge in [-0.15, -0.1) is 0 Å². The second-order valence-corrected chi connectivity index (χ2v) is 3.87. The number of rotatable bonds is 1. The summed E-state index contributed by atoms with van der Waals surface area (Å²) in [4.78, 5) is 0. The fourth-order valence-electron chi connectivity index (χ4n) is 1.63. The van der Waals surface area contributed by atoms with Gasteiger partial charge in [0.2, 0.25) is 0 Å². The number of hydrogen-bond donors (Lipinski definition) is 2. The molecule has 15 heavy (non-hydrogen) atoms. The van der Waals surface area contributed by atoms with E-state index in [1.54, 1.807) is 6.07 Å². The molecule has 1 aliphatic heterocycles. The Balaban J connectivity index is 2.36. The van der Waals surface area contributed by atoms with E-state index < -0.39 is 11.9 Å². The molecule has 0 aliphatic carbocycles. The SMILES string of the molecule is OC1CNCC=C1c1ccc(F)c(Cl)c1. The number of halogens is 2. The molecule has 1 heterocycles. The Morgan fingerprint density at radius 1 is 1.47 bits per heavy atom. The Hall–Kier alpha value is -0.900. The lowest BCUT2D eigenvalue weighted by Gasteiger charge is -2.20. The normalized spacial score (nSPS) is 21.3. The van der Waals surface area contributed by atoms with Crippen LogP contribution in [0.4, 0.5) is 4.39 Å². The highest BCUT2D eigenvalue weighted by atomic mass is 35.5. The predicted octanol–water partition coefficient (Wildman–Crippen LogP) is 1.83. The third-order valence-corrected chi connectivity index (χ3v) is 2.71. The first-order valence-corrected chi connectivity index (χ1v) is 5.10. The van der Waals surface area contributed by atoms with Gasteiger partial charge in [0, 0.05) is 13.1 Å². The molecule has 0 spiro atoms. The molecule has 2 nitrogen and oxygen atoms in total. The molecule has 2 N–H and O–H groups in total. The van der Waals surface area contributed by atoms with Gasteiger partial charge in [-0.25, -0.2) is 4.39 Å². The maximum absolute atomic E-state index is 12.9. The summed E-state index contributed by atoms with van der Waals surface area (Å²) in [6.45, 7) is 1.22. The van der Waals surface area contributed by atoms with Gasteiger partial charge in [0.15, 0.2) is 0 Å². The third-order valence-electron chi connectivity index (χ3n) is 2.42. The van der Waals surface area contributed by atoms with Gasteiger partial charge in [0.25, 0.3) is 0 Å². The molecule has 1 aromatic rings. The average Bonchev–Trinajstić information content (AvgIpc) is 2.23. The molecule has 0 aromatic heterocycles. The van der Waals surface area contributed by atoms with E-state index in [2.05, 4.69) is 5.32 Å². The van der Waals surface area contributed by atoms with Gasteiger partial charge in [-0.05, 0) is 23.3 Å². The van der Waals surface area contributed by atoms with Crippen molar-refractivity contribution in [1.29, 1.82) is 0 Å². The summed E-state index contributed by atoms with van der Waals surface area (Å²) in [6, 6.07) is 4.48. The molecule has 1 aliphatic rings. The third kappa shape index (κ3) is 2.20. The zero-order valence-electron chi connectivity index (χ0n) is 8.00. The quantitative estimate of drug-likeness (QED) is 0.767. The lowest BCUT2D eigenvalue weighted by Crippen LogP contribution is -2.32. The zero-order valence-corrected chi connectivity index (χ0v) is 8.76. The first-order valence-electron chi connectivity index (χ1n) is 4.73. The number of hydrogen-bond acceptors (Lipinski definition) is 2. The van der Waals surface area contributed by atoms with Crippen molar-refractivity contribution in [2.45, 2.75) is 6.10 Å². The van der Waals surface area contributed by atoms with E-state index in [0.717, 1.165) is 11.1 Å². The molecule has 0 saturated carbocycles. The number of nitrogens with one attached hydrogen (secondary N) is 1. The highest BCUT2D eigenvalue weighted by molar-refractivity contribution is 6.30. The highest BCUT2D eigenvalue weighted by Crippen LogP contribution is 2.24. The van der Waals surface area contributed by atoms with Crippen molar-refractivity contribution in [3.8, 4) is 0 Å². The molecule has 1 aromatic carbocycles. The van der Waals surface area contributed by atoms with Crippen molar-refractivity contribution in [3.63, 3.8) is 0 Å². The summed E-state index contributed by atoms with van der Waals surface area (Å²) < 4.78 is 12.9. The molecule has 0 fully saturated rings. The highest BCUT2D eigenvalue weighted by Gasteiger charge is 2.16. The Labute approximate surface area is 92.4 Å². The van der Waals surface area contributed by atoms with Crippen molar-refractivity contribution in [2.75, 3.05) is 13.1 Å². The van der Waals surface area contributed by atoms with Crippen LogP contribution in [0.5, 0.6) is 0 Å². The van der Waals surface area contributed by atoms with Gasteiger partial charge in [-0.3, -0.25) is 0 Å². The minimum Gasteiger partial charge on any atom is -0.387 e. The van der Waals surface area contributed by atoms with E-state index in [-0.39, 0.29) is 5.02 Å². The topological polar surface area (TPSA) is 32.3 Å². The molecular formula is C11H11ClFNO. The van der Waals surface area contributed by atoms with Crippen LogP contribution in [0.1, 0.15) is 5.56 Å². The Bertz CT molecular complexity index is 406. The molecule has 4 heteroatoms.